The second kappa shape index (κ2) is 7.66. The summed E-state index contributed by atoms with van der Waals surface area (Å²) in [5, 5.41) is 4.06. The number of nitrogens with zero attached hydrogens (tertiary/aromatic N) is 2. The lowest BCUT2D eigenvalue weighted by Crippen LogP contribution is -2.18. The van der Waals surface area contributed by atoms with E-state index in [4.69, 9.17) is 0 Å². The highest BCUT2D eigenvalue weighted by Gasteiger charge is 2.10. The maximum atomic E-state index is 13.1. The number of hydrogen-bond acceptors (Lipinski definition) is 2. The summed E-state index contributed by atoms with van der Waals surface area (Å²) in [6.45, 7) is 3.92. The third kappa shape index (κ3) is 3.75. The van der Waals surface area contributed by atoms with Gasteiger partial charge in [-0.25, -0.2) is 9.82 Å². The van der Waals surface area contributed by atoms with E-state index in [1.807, 2.05) is 30.5 Å². The van der Waals surface area contributed by atoms with Crippen LogP contribution in [0, 0.1) is 19.7 Å². The Hall–Kier alpha value is -2.73. The van der Waals surface area contributed by atoms with E-state index in [0.29, 0.717) is 10.0 Å². The molecule has 0 bridgehead atoms. The first-order valence-corrected chi connectivity index (χ1v) is 8.79. The Morgan fingerprint density at radius 3 is 2.54 bits per heavy atom. The van der Waals surface area contributed by atoms with Crippen molar-refractivity contribution in [3.63, 3.8) is 0 Å². The van der Waals surface area contributed by atoms with Gasteiger partial charge in [0, 0.05) is 27.1 Å². The number of aromatic nitrogens is 1. The van der Waals surface area contributed by atoms with E-state index in [-0.39, 0.29) is 11.7 Å². The van der Waals surface area contributed by atoms with Crippen molar-refractivity contribution in [1.29, 1.82) is 0 Å². The number of halogens is 2. The minimum absolute atomic E-state index is 0.271. The number of amides is 1. The average molecular weight is 414 g/mol. The molecule has 0 aliphatic heterocycles. The SMILES string of the molecule is Cc1cc(/C=N/NC(=O)c2ccccc2Br)c(C)n1-c1ccc(F)cc1. The van der Waals surface area contributed by atoms with Crippen molar-refractivity contribution >= 4 is 28.1 Å². The fourth-order valence-corrected chi connectivity index (χ4v) is 3.24. The van der Waals surface area contributed by atoms with E-state index in [1.54, 1.807) is 36.5 Å². The van der Waals surface area contributed by atoms with Crippen LogP contribution in [0.4, 0.5) is 4.39 Å². The number of benzene rings is 2. The number of carbonyl (C=O) groups is 1. The van der Waals surface area contributed by atoms with Crippen LogP contribution in [0.3, 0.4) is 0 Å². The first-order valence-electron chi connectivity index (χ1n) is 8.00. The van der Waals surface area contributed by atoms with E-state index in [9.17, 15) is 9.18 Å². The summed E-state index contributed by atoms with van der Waals surface area (Å²) in [6.07, 6.45) is 1.61. The second-order valence-electron chi connectivity index (χ2n) is 5.82. The highest BCUT2D eigenvalue weighted by molar-refractivity contribution is 9.10. The van der Waals surface area contributed by atoms with Gasteiger partial charge in [-0.05, 0) is 72.2 Å². The van der Waals surface area contributed by atoms with Gasteiger partial charge in [0.2, 0.25) is 0 Å². The quantitative estimate of drug-likeness (QED) is 0.486. The van der Waals surface area contributed by atoms with Gasteiger partial charge in [0.25, 0.3) is 5.91 Å². The summed E-state index contributed by atoms with van der Waals surface area (Å²) >= 11 is 3.35. The Bertz CT molecular complexity index is 977. The van der Waals surface area contributed by atoms with E-state index in [2.05, 4.69) is 26.5 Å². The van der Waals surface area contributed by atoms with Crippen LogP contribution in [0.15, 0.2) is 64.2 Å². The van der Waals surface area contributed by atoms with Gasteiger partial charge < -0.3 is 4.57 Å². The molecule has 0 spiro atoms. The van der Waals surface area contributed by atoms with E-state index >= 15 is 0 Å². The smallest absolute Gasteiger partial charge is 0.272 e. The van der Waals surface area contributed by atoms with Crippen molar-refractivity contribution in [3.8, 4) is 5.69 Å². The molecule has 3 rings (SSSR count). The van der Waals surface area contributed by atoms with E-state index in [0.717, 1.165) is 22.6 Å². The fourth-order valence-electron chi connectivity index (χ4n) is 2.77. The lowest BCUT2D eigenvalue weighted by atomic mass is 10.2. The van der Waals surface area contributed by atoms with Gasteiger partial charge >= 0.3 is 0 Å². The Kier molecular flexibility index (Phi) is 5.32. The predicted molar refractivity (Wildman–Crippen MR) is 104 cm³/mol. The Morgan fingerprint density at radius 1 is 1.15 bits per heavy atom. The van der Waals surface area contributed by atoms with Crippen LogP contribution < -0.4 is 5.43 Å². The molecular formula is C20H17BrFN3O. The molecule has 1 N–H and O–H groups in total. The summed E-state index contributed by atoms with van der Waals surface area (Å²) in [7, 11) is 0. The molecular weight excluding hydrogens is 397 g/mol. The number of aryl methyl sites for hydroxylation is 1. The third-order valence-electron chi connectivity index (χ3n) is 4.04. The summed E-state index contributed by atoms with van der Waals surface area (Å²) in [6, 6.07) is 15.4. The van der Waals surface area contributed by atoms with Gasteiger partial charge in [0.05, 0.1) is 11.8 Å². The van der Waals surface area contributed by atoms with E-state index < -0.39 is 0 Å². The molecule has 3 aromatic rings. The molecule has 0 radical (unpaired) electrons. The lowest BCUT2D eigenvalue weighted by Gasteiger charge is -2.09. The normalized spacial score (nSPS) is 11.1. The molecule has 0 atom stereocenters. The second-order valence-corrected chi connectivity index (χ2v) is 6.67. The molecule has 1 aromatic heterocycles. The lowest BCUT2D eigenvalue weighted by molar-refractivity contribution is 0.0954. The molecule has 0 fully saturated rings. The molecule has 6 heteroatoms. The predicted octanol–water partition coefficient (Wildman–Crippen LogP) is 4.76. The van der Waals surface area contributed by atoms with Crippen molar-refractivity contribution in [1.82, 2.24) is 9.99 Å². The molecule has 0 saturated carbocycles. The van der Waals surface area contributed by atoms with Gasteiger partial charge in [0.15, 0.2) is 0 Å². The van der Waals surface area contributed by atoms with Crippen LogP contribution in [0.2, 0.25) is 0 Å². The Balaban J connectivity index is 1.79. The number of rotatable bonds is 4. The van der Waals surface area contributed by atoms with Gasteiger partial charge in [-0.2, -0.15) is 5.10 Å². The molecule has 1 amide bonds. The van der Waals surface area contributed by atoms with Crippen molar-refractivity contribution in [2.24, 2.45) is 5.10 Å². The molecule has 2 aromatic carbocycles. The monoisotopic (exact) mass is 413 g/mol. The zero-order valence-corrected chi connectivity index (χ0v) is 15.9. The molecule has 0 aliphatic carbocycles. The van der Waals surface area contributed by atoms with Crippen LogP contribution in [0.5, 0.6) is 0 Å². The van der Waals surface area contributed by atoms with Gasteiger partial charge in [-0.3, -0.25) is 4.79 Å². The van der Waals surface area contributed by atoms with Gasteiger partial charge in [-0.1, -0.05) is 12.1 Å². The maximum absolute atomic E-state index is 13.1. The van der Waals surface area contributed by atoms with Crippen molar-refractivity contribution in [2.75, 3.05) is 0 Å². The minimum atomic E-state index is -0.291. The number of nitrogens with one attached hydrogen (secondary N) is 1. The molecule has 26 heavy (non-hydrogen) atoms. The van der Waals surface area contributed by atoms with Crippen LogP contribution >= 0.6 is 15.9 Å². The number of carbonyl (C=O) groups excluding carboxylic acids is 1. The summed E-state index contributed by atoms with van der Waals surface area (Å²) in [5.41, 5.74) is 6.74. The van der Waals surface area contributed by atoms with Crippen LogP contribution in [-0.2, 0) is 0 Å². The highest BCUT2D eigenvalue weighted by atomic mass is 79.9. The minimum Gasteiger partial charge on any atom is -0.318 e. The average Bonchev–Trinajstić information content (AvgIpc) is 2.90. The third-order valence-corrected chi connectivity index (χ3v) is 4.73. The van der Waals surface area contributed by atoms with Gasteiger partial charge in [-0.15, -0.1) is 0 Å². The molecule has 0 aliphatic rings. The standard InChI is InChI=1S/C20H17BrFN3O/c1-13-11-15(14(2)25(13)17-9-7-16(22)8-10-17)12-23-24-20(26)18-5-3-4-6-19(18)21/h3-12H,1-2H3,(H,24,26)/b23-12+. The topological polar surface area (TPSA) is 46.4 Å². The largest absolute Gasteiger partial charge is 0.318 e. The first kappa shape index (κ1) is 18.1. The fraction of sp³-hybridized carbons (Fsp3) is 0.100. The van der Waals surface area contributed by atoms with Crippen molar-refractivity contribution in [3.05, 3.63) is 87.4 Å². The van der Waals surface area contributed by atoms with Crippen LogP contribution in [-0.4, -0.2) is 16.7 Å². The van der Waals surface area contributed by atoms with Crippen LogP contribution in [0.1, 0.15) is 27.3 Å². The number of hydrogen-bond donors (Lipinski definition) is 1. The Labute approximate surface area is 159 Å². The zero-order chi connectivity index (χ0) is 18.7. The van der Waals surface area contributed by atoms with Gasteiger partial charge in [0.1, 0.15) is 5.82 Å². The molecule has 4 nitrogen and oxygen atoms in total. The molecule has 1 heterocycles. The summed E-state index contributed by atoms with van der Waals surface area (Å²) in [4.78, 5) is 12.2. The van der Waals surface area contributed by atoms with Crippen molar-refractivity contribution in [2.45, 2.75) is 13.8 Å². The van der Waals surface area contributed by atoms with Crippen LogP contribution in [0.25, 0.3) is 5.69 Å². The molecule has 0 saturated heterocycles. The summed E-state index contributed by atoms with van der Waals surface area (Å²) in [5.74, 6) is -0.561. The number of hydrazone groups is 1. The Morgan fingerprint density at radius 2 is 1.85 bits per heavy atom. The van der Waals surface area contributed by atoms with E-state index in [1.165, 1.54) is 12.1 Å². The highest BCUT2D eigenvalue weighted by Crippen LogP contribution is 2.20. The zero-order valence-electron chi connectivity index (χ0n) is 14.3. The summed E-state index contributed by atoms with van der Waals surface area (Å²) < 4.78 is 15.9. The maximum Gasteiger partial charge on any atom is 0.272 e. The van der Waals surface area contributed by atoms with Crippen molar-refractivity contribution < 1.29 is 9.18 Å². The molecule has 0 unspecified atom stereocenters. The first-order chi connectivity index (χ1) is 12.5. The molecule has 132 valence electrons.